The molecular formula is C20H26N2O3. The lowest BCUT2D eigenvalue weighted by molar-refractivity contribution is -0.122. The van der Waals surface area contributed by atoms with E-state index in [1.807, 2.05) is 31.2 Å². The van der Waals surface area contributed by atoms with Crippen molar-refractivity contribution in [1.82, 2.24) is 10.6 Å². The minimum Gasteiger partial charge on any atom is -0.483 e. The molecule has 0 atom stereocenters. The van der Waals surface area contributed by atoms with Crippen molar-refractivity contribution in [3.8, 4) is 5.75 Å². The van der Waals surface area contributed by atoms with Crippen LogP contribution >= 0.6 is 0 Å². The number of para-hydroxylation sites is 1. The summed E-state index contributed by atoms with van der Waals surface area (Å²) in [5.41, 5.74) is 0.879. The summed E-state index contributed by atoms with van der Waals surface area (Å²) in [6, 6.07) is 7.15. The molecule has 2 N–H and O–H groups in total. The first-order chi connectivity index (χ1) is 12.0. The Bertz CT molecular complexity index is 650. The molecule has 5 nitrogen and oxygen atoms in total. The zero-order valence-corrected chi connectivity index (χ0v) is 14.7. The number of urea groups is 1. The number of carbonyl (C=O) groups is 2. The SMILES string of the molecule is Cc1ccccc1OCC(=O)NC(=O)NC12CC3CC(CC(C3)C1)C2. The average molecular weight is 342 g/mol. The summed E-state index contributed by atoms with van der Waals surface area (Å²) in [5, 5.41) is 5.57. The van der Waals surface area contributed by atoms with Gasteiger partial charge in [0.15, 0.2) is 6.61 Å². The molecule has 0 unspecified atom stereocenters. The van der Waals surface area contributed by atoms with Crippen LogP contribution in [-0.4, -0.2) is 24.1 Å². The van der Waals surface area contributed by atoms with Crippen LogP contribution in [-0.2, 0) is 4.79 Å². The smallest absolute Gasteiger partial charge is 0.321 e. The monoisotopic (exact) mass is 342 g/mol. The standard InChI is InChI=1S/C20H26N2O3/c1-13-4-2-3-5-17(13)25-12-18(23)21-19(24)22-20-9-14-6-15(10-20)8-16(7-14)11-20/h2-5,14-16H,6-12H2,1H3,(H2,21,22,23,24). The van der Waals surface area contributed by atoms with Gasteiger partial charge in [-0.1, -0.05) is 18.2 Å². The fourth-order valence-corrected chi connectivity index (χ4v) is 5.56. The molecule has 3 amide bonds. The number of amides is 3. The van der Waals surface area contributed by atoms with E-state index in [0.717, 1.165) is 42.6 Å². The van der Waals surface area contributed by atoms with Crippen LogP contribution < -0.4 is 15.4 Å². The van der Waals surface area contributed by atoms with E-state index in [9.17, 15) is 9.59 Å². The van der Waals surface area contributed by atoms with Crippen LogP contribution in [0.4, 0.5) is 4.79 Å². The number of imide groups is 1. The number of hydrogen-bond donors (Lipinski definition) is 2. The van der Waals surface area contributed by atoms with Crippen LogP contribution in [0, 0.1) is 24.7 Å². The molecule has 0 aromatic heterocycles. The predicted octanol–water partition coefficient (Wildman–Crippen LogP) is 3.17. The Kier molecular flexibility index (Phi) is 4.18. The Balaban J connectivity index is 1.29. The normalized spacial score (nSPS) is 32.3. The van der Waals surface area contributed by atoms with Gasteiger partial charge in [-0.05, 0) is 74.8 Å². The van der Waals surface area contributed by atoms with Gasteiger partial charge in [0.05, 0.1) is 0 Å². The van der Waals surface area contributed by atoms with Crippen LogP contribution in [0.3, 0.4) is 0 Å². The second-order valence-corrected chi connectivity index (χ2v) is 8.25. The summed E-state index contributed by atoms with van der Waals surface area (Å²) < 4.78 is 5.50. The fourth-order valence-electron chi connectivity index (χ4n) is 5.56. The maximum Gasteiger partial charge on any atom is 0.321 e. The molecule has 4 aliphatic rings. The first-order valence-electron chi connectivity index (χ1n) is 9.32. The Morgan fingerprint density at radius 3 is 2.28 bits per heavy atom. The molecule has 5 rings (SSSR count). The van der Waals surface area contributed by atoms with Crippen LogP contribution in [0.15, 0.2) is 24.3 Å². The summed E-state index contributed by atoms with van der Waals surface area (Å²) in [5.74, 6) is 2.52. The van der Waals surface area contributed by atoms with Crippen molar-refractivity contribution in [1.29, 1.82) is 0 Å². The van der Waals surface area contributed by atoms with Gasteiger partial charge in [0.1, 0.15) is 5.75 Å². The number of nitrogens with one attached hydrogen (secondary N) is 2. The van der Waals surface area contributed by atoms with Gasteiger partial charge in [-0.15, -0.1) is 0 Å². The van der Waals surface area contributed by atoms with Gasteiger partial charge < -0.3 is 10.1 Å². The van der Waals surface area contributed by atoms with Crippen molar-refractivity contribution in [3.63, 3.8) is 0 Å². The Labute approximate surface area is 148 Å². The molecule has 1 aromatic carbocycles. The van der Waals surface area contributed by atoms with Crippen molar-refractivity contribution in [2.75, 3.05) is 6.61 Å². The van der Waals surface area contributed by atoms with E-state index in [1.54, 1.807) is 0 Å². The molecule has 4 saturated carbocycles. The van der Waals surface area contributed by atoms with Gasteiger partial charge in [-0.25, -0.2) is 4.79 Å². The highest BCUT2D eigenvalue weighted by Gasteiger charge is 2.51. The van der Waals surface area contributed by atoms with Crippen molar-refractivity contribution in [3.05, 3.63) is 29.8 Å². The highest BCUT2D eigenvalue weighted by atomic mass is 16.5. The lowest BCUT2D eigenvalue weighted by atomic mass is 9.53. The lowest BCUT2D eigenvalue weighted by Crippen LogP contribution is -2.62. The largest absolute Gasteiger partial charge is 0.483 e. The number of rotatable bonds is 4. The van der Waals surface area contributed by atoms with Crippen molar-refractivity contribution < 1.29 is 14.3 Å². The minimum absolute atomic E-state index is 0.0873. The zero-order chi connectivity index (χ0) is 17.4. The number of ether oxygens (including phenoxy) is 1. The predicted molar refractivity (Wildman–Crippen MR) is 94.3 cm³/mol. The first kappa shape index (κ1) is 16.4. The second-order valence-electron chi connectivity index (χ2n) is 8.25. The second kappa shape index (κ2) is 6.36. The summed E-state index contributed by atoms with van der Waals surface area (Å²) in [6.07, 6.45) is 7.18. The Morgan fingerprint density at radius 2 is 1.68 bits per heavy atom. The van der Waals surface area contributed by atoms with Gasteiger partial charge in [-0.2, -0.15) is 0 Å². The number of benzene rings is 1. The molecule has 0 spiro atoms. The third-order valence-corrected chi connectivity index (χ3v) is 6.12. The Hall–Kier alpha value is -2.04. The molecule has 4 aliphatic carbocycles. The molecule has 4 fully saturated rings. The molecule has 0 aliphatic heterocycles. The lowest BCUT2D eigenvalue weighted by Gasteiger charge is -2.56. The van der Waals surface area contributed by atoms with E-state index in [0.29, 0.717) is 5.75 Å². The molecule has 1 aromatic rings. The quantitative estimate of drug-likeness (QED) is 0.883. The molecule has 134 valence electrons. The third kappa shape index (κ3) is 3.51. The summed E-state index contributed by atoms with van der Waals surface area (Å²) in [7, 11) is 0. The molecule has 4 bridgehead atoms. The topological polar surface area (TPSA) is 67.4 Å². The highest BCUT2D eigenvalue weighted by Crippen LogP contribution is 2.55. The first-order valence-corrected chi connectivity index (χ1v) is 9.32. The van der Waals surface area contributed by atoms with Crippen molar-refractivity contribution >= 4 is 11.9 Å². The highest BCUT2D eigenvalue weighted by molar-refractivity contribution is 5.95. The number of carbonyl (C=O) groups excluding carboxylic acids is 2. The van der Waals surface area contributed by atoms with Gasteiger partial charge in [0.2, 0.25) is 0 Å². The maximum absolute atomic E-state index is 12.3. The van der Waals surface area contributed by atoms with E-state index in [4.69, 9.17) is 4.74 Å². The van der Waals surface area contributed by atoms with Crippen molar-refractivity contribution in [2.45, 2.75) is 51.0 Å². The number of hydrogen-bond acceptors (Lipinski definition) is 3. The van der Waals surface area contributed by atoms with Crippen molar-refractivity contribution in [2.24, 2.45) is 17.8 Å². The van der Waals surface area contributed by atoms with E-state index >= 15 is 0 Å². The van der Waals surface area contributed by atoms with Gasteiger partial charge in [-0.3, -0.25) is 10.1 Å². The molecule has 0 heterocycles. The van der Waals surface area contributed by atoms with Crippen LogP contribution in [0.25, 0.3) is 0 Å². The third-order valence-electron chi connectivity index (χ3n) is 6.12. The summed E-state index contributed by atoms with van der Waals surface area (Å²) in [4.78, 5) is 24.3. The Morgan fingerprint density at radius 1 is 1.08 bits per heavy atom. The minimum atomic E-state index is -0.412. The van der Waals surface area contributed by atoms with Gasteiger partial charge in [0.25, 0.3) is 5.91 Å². The molecule has 5 heteroatoms. The van der Waals surface area contributed by atoms with E-state index in [1.165, 1.54) is 19.3 Å². The van der Waals surface area contributed by atoms with Crippen LogP contribution in [0.1, 0.15) is 44.1 Å². The average Bonchev–Trinajstić information content (AvgIpc) is 2.52. The number of aryl methyl sites for hydroxylation is 1. The van der Waals surface area contributed by atoms with Crippen LogP contribution in [0.2, 0.25) is 0 Å². The molecule has 0 radical (unpaired) electrons. The van der Waals surface area contributed by atoms with Gasteiger partial charge in [0, 0.05) is 5.54 Å². The van der Waals surface area contributed by atoms with E-state index < -0.39 is 5.91 Å². The molecule has 0 saturated heterocycles. The summed E-state index contributed by atoms with van der Waals surface area (Å²) >= 11 is 0. The maximum atomic E-state index is 12.3. The van der Waals surface area contributed by atoms with E-state index in [-0.39, 0.29) is 18.2 Å². The summed E-state index contributed by atoms with van der Waals surface area (Å²) in [6.45, 7) is 1.77. The van der Waals surface area contributed by atoms with Gasteiger partial charge >= 0.3 is 6.03 Å². The molecule has 25 heavy (non-hydrogen) atoms. The molecular weight excluding hydrogens is 316 g/mol. The van der Waals surface area contributed by atoms with Crippen LogP contribution in [0.5, 0.6) is 5.75 Å². The fraction of sp³-hybridized carbons (Fsp3) is 0.600. The van der Waals surface area contributed by atoms with E-state index in [2.05, 4.69) is 10.6 Å². The zero-order valence-electron chi connectivity index (χ0n) is 14.7.